The van der Waals surface area contributed by atoms with Gasteiger partial charge in [0.05, 0.1) is 23.2 Å². The molecule has 31 heavy (non-hydrogen) atoms. The van der Waals surface area contributed by atoms with Gasteiger partial charge >= 0.3 is 0 Å². The molecule has 3 heterocycles. The van der Waals surface area contributed by atoms with Gasteiger partial charge in [0, 0.05) is 30.6 Å². The molecule has 1 unspecified atom stereocenters. The molecular formula is C23H19FN4O3. The third-order valence-electron chi connectivity index (χ3n) is 5.28. The minimum absolute atomic E-state index is 0.266. The van der Waals surface area contributed by atoms with Gasteiger partial charge in [-0.2, -0.15) is 0 Å². The zero-order valence-corrected chi connectivity index (χ0v) is 17.1. The molecule has 1 aliphatic rings. The summed E-state index contributed by atoms with van der Waals surface area (Å²) in [5.41, 5.74) is 3.09. The van der Waals surface area contributed by atoms with Crippen molar-refractivity contribution in [2.24, 2.45) is 0 Å². The highest BCUT2D eigenvalue weighted by Crippen LogP contribution is 2.32. The number of halogens is 1. The number of nitrogens with zero attached hydrogens (tertiary/aromatic N) is 3. The van der Waals surface area contributed by atoms with Crippen molar-refractivity contribution in [2.45, 2.75) is 19.8 Å². The van der Waals surface area contributed by atoms with E-state index in [0.29, 0.717) is 28.1 Å². The van der Waals surface area contributed by atoms with Crippen LogP contribution in [0.15, 0.2) is 48.9 Å². The topological polar surface area (TPSA) is 92.3 Å². The number of carbonyl (C=O) groups excluding carboxylic acids is 3. The summed E-state index contributed by atoms with van der Waals surface area (Å²) >= 11 is 0. The number of amides is 3. The van der Waals surface area contributed by atoms with Crippen molar-refractivity contribution < 1.29 is 18.8 Å². The molecule has 1 aliphatic heterocycles. The van der Waals surface area contributed by atoms with Crippen LogP contribution in [-0.2, 0) is 4.79 Å². The highest BCUT2D eigenvalue weighted by molar-refractivity contribution is 6.22. The van der Waals surface area contributed by atoms with E-state index in [1.807, 2.05) is 6.92 Å². The average Bonchev–Trinajstić information content (AvgIpc) is 2.97. The Morgan fingerprint density at radius 2 is 1.84 bits per heavy atom. The molecule has 0 saturated heterocycles. The molecule has 0 radical (unpaired) electrons. The largest absolute Gasteiger partial charge is 0.310 e. The minimum Gasteiger partial charge on any atom is -0.310 e. The summed E-state index contributed by atoms with van der Waals surface area (Å²) in [7, 11) is 1.42. The molecule has 1 aromatic carbocycles. The van der Waals surface area contributed by atoms with Gasteiger partial charge in [0.25, 0.3) is 11.8 Å². The number of imide groups is 1. The summed E-state index contributed by atoms with van der Waals surface area (Å²) in [6.45, 7) is 3.49. The van der Waals surface area contributed by atoms with Gasteiger partial charge in [0.1, 0.15) is 11.6 Å². The van der Waals surface area contributed by atoms with E-state index in [1.165, 1.54) is 25.5 Å². The molecule has 3 amide bonds. The van der Waals surface area contributed by atoms with Gasteiger partial charge in [-0.15, -0.1) is 0 Å². The first-order valence-corrected chi connectivity index (χ1v) is 9.61. The first-order valence-electron chi connectivity index (χ1n) is 9.61. The number of hydrogen-bond donors (Lipinski definition) is 1. The van der Waals surface area contributed by atoms with Gasteiger partial charge in [-0.3, -0.25) is 24.3 Å². The number of carbonyl (C=O) groups is 3. The number of pyridine rings is 2. The lowest BCUT2D eigenvalue weighted by molar-refractivity contribution is -0.117. The number of hydrogen-bond acceptors (Lipinski definition) is 5. The number of aromatic nitrogens is 2. The number of anilines is 1. The lowest BCUT2D eigenvalue weighted by Crippen LogP contribution is -2.25. The van der Waals surface area contributed by atoms with Gasteiger partial charge < -0.3 is 5.32 Å². The van der Waals surface area contributed by atoms with Crippen LogP contribution in [-0.4, -0.2) is 39.6 Å². The highest BCUT2D eigenvalue weighted by atomic mass is 19.1. The molecule has 156 valence electrons. The predicted molar refractivity (Wildman–Crippen MR) is 112 cm³/mol. The number of aryl methyl sites for hydroxylation is 1. The van der Waals surface area contributed by atoms with Crippen LogP contribution in [0.3, 0.4) is 0 Å². The van der Waals surface area contributed by atoms with Gasteiger partial charge in [-0.1, -0.05) is 6.07 Å². The second-order valence-electron chi connectivity index (χ2n) is 7.48. The van der Waals surface area contributed by atoms with E-state index < -0.39 is 17.6 Å². The number of rotatable bonds is 4. The summed E-state index contributed by atoms with van der Waals surface area (Å²) < 4.78 is 13.4. The van der Waals surface area contributed by atoms with E-state index in [2.05, 4.69) is 15.3 Å². The molecule has 0 saturated carbocycles. The van der Waals surface area contributed by atoms with Gasteiger partial charge in [-0.05, 0) is 49.2 Å². The lowest BCUT2D eigenvalue weighted by atomic mass is 9.90. The third-order valence-corrected chi connectivity index (χ3v) is 5.28. The normalized spacial score (nSPS) is 13.9. The smallest absolute Gasteiger partial charge is 0.261 e. The average molecular weight is 418 g/mol. The van der Waals surface area contributed by atoms with E-state index in [0.717, 1.165) is 16.7 Å². The van der Waals surface area contributed by atoms with Crippen molar-refractivity contribution in [2.75, 3.05) is 12.4 Å². The van der Waals surface area contributed by atoms with Crippen molar-refractivity contribution >= 4 is 23.5 Å². The summed E-state index contributed by atoms with van der Waals surface area (Å²) in [5.74, 6) is -1.98. The summed E-state index contributed by atoms with van der Waals surface area (Å²) in [6, 6.07) is 8.06. The number of benzene rings is 1. The molecule has 0 aliphatic carbocycles. The van der Waals surface area contributed by atoms with E-state index in [1.54, 1.807) is 31.2 Å². The first kappa shape index (κ1) is 20.3. The van der Waals surface area contributed by atoms with Crippen molar-refractivity contribution in [1.82, 2.24) is 14.9 Å². The molecule has 1 atom stereocenters. The Kier molecular flexibility index (Phi) is 5.06. The van der Waals surface area contributed by atoms with Gasteiger partial charge in [0.2, 0.25) is 5.91 Å². The molecule has 1 N–H and O–H groups in total. The summed E-state index contributed by atoms with van der Waals surface area (Å²) in [4.78, 5) is 46.8. The fraction of sp³-hybridized carbons (Fsp3) is 0.174. The van der Waals surface area contributed by atoms with Crippen LogP contribution < -0.4 is 5.32 Å². The Morgan fingerprint density at radius 3 is 2.52 bits per heavy atom. The van der Waals surface area contributed by atoms with E-state index in [-0.39, 0.29) is 17.4 Å². The number of nitrogens with one attached hydrogen (secondary N) is 1. The Balaban J connectivity index is 1.57. The standard InChI is InChI=1S/C23H19FN4O3/c1-12-6-17(20-18(7-12)22(30)28(3)23(20)31)13(2)21(29)27-19-5-4-14(10-26-19)15-8-16(24)11-25-9-15/h4-11,13H,1-3H3,(H,26,27,29). The molecule has 2 aromatic heterocycles. The van der Waals surface area contributed by atoms with Crippen LogP contribution in [0.2, 0.25) is 0 Å². The molecule has 4 rings (SSSR count). The zero-order valence-electron chi connectivity index (χ0n) is 17.1. The molecule has 7 nitrogen and oxygen atoms in total. The maximum atomic E-state index is 13.4. The van der Waals surface area contributed by atoms with Crippen molar-refractivity contribution in [3.8, 4) is 11.1 Å². The Bertz CT molecular complexity index is 1220. The highest BCUT2D eigenvalue weighted by Gasteiger charge is 2.37. The van der Waals surface area contributed by atoms with Crippen LogP contribution in [0.4, 0.5) is 10.2 Å². The molecule has 0 bridgehead atoms. The number of fused-ring (bicyclic) bond motifs is 1. The lowest BCUT2D eigenvalue weighted by Gasteiger charge is -2.16. The van der Waals surface area contributed by atoms with Crippen molar-refractivity contribution in [1.29, 1.82) is 0 Å². The minimum atomic E-state index is -0.689. The maximum absolute atomic E-state index is 13.4. The second-order valence-corrected chi connectivity index (χ2v) is 7.48. The van der Waals surface area contributed by atoms with Crippen molar-refractivity contribution in [3.63, 3.8) is 0 Å². The SMILES string of the molecule is Cc1cc2c(c(C(C)C(=O)Nc3ccc(-c4cncc(F)c4)cn3)c1)C(=O)N(C)C2=O. The van der Waals surface area contributed by atoms with Gasteiger partial charge in [0.15, 0.2) is 0 Å². The van der Waals surface area contributed by atoms with E-state index in [9.17, 15) is 18.8 Å². The summed E-state index contributed by atoms with van der Waals surface area (Å²) in [6.07, 6.45) is 4.15. The quantitative estimate of drug-likeness (QED) is 0.654. The summed E-state index contributed by atoms with van der Waals surface area (Å²) in [5, 5.41) is 2.73. The van der Waals surface area contributed by atoms with E-state index in [4.69, 9.17) is 0 Å². The van der Waals surface area contributed by atoms with Crippen LogP contribution in [0.25, 0.3) is 11.1 Å². The predicted octanol–water partition coefficient (Wildman–Crippen LogP) is 3.56. The Morgan fingerprint density at radius 1 is 1.06 bits per heavy atom. The first-order chi connectivity index (χ1) is 14.8. The molecule has 3 aromatic rings. The fourth-order valence-electron chi connectivity index (χ4n) is 3.59. The molecule has 0 fully saturated rings. The van der Waals surface area contributed by atoms with Crippen LogP contribution >= 0.6 is 0 Å². The zero-order chi connectivity index (χ0) is 22.3. The Labute approximate surface area is 177 Å². The second kappa shape index (κ2) is 7.71. The Hall–Kier alpha value is -3.94. The van der Waals surface area contributed by atoms with Crippen molar-refractivity contribution in [3.05, 3.63) is 77.0 Å². The van der Waals surface area contributed by atoms with Crippen LogP contribution in [0.1, 0.15) is 44.7 Å². The fourth-order valence-corrected chi connectivity index (χ4v) is 3.59. The maximum Gasteiger partial charge on any atom is 0.261 e. The molecule has 8 heteroatoms. The van der Waals surface area contributed by atoms with Crippen LogP contribution in [0.5, 0.6) is 0 Å². The van der Waals surface area contributed by atoms with E-state index >= 15 is 0 Å². The van der Waals surface area contributed by atoms with Crippen LogP contribution in [0, 0.1) is 12.7 Å². The molecule has 0 spiro atoms. The van der Waals surface area contributed by atoms with Gasteiger partial charge in [-0.25, -0.2) is 9.37 Å². The monoisotopic (exact) mass is 418 g/mol. The molecular weight excluding hydrogens is 399 g/mol. The third kappa shape index (κ3) is 3.68.